The minimum atomic E-state index is 0.0597. The Balaban J connectivity index is 2.00. The van der Waals surface area contributed by atoms with Gasteiger partial charge in [-0.3, -0.25) is 0 Å². The van der Waals surface area contributed by atoms with Gasteiger partial charge >= 0.3 is 0 Å². The van der Waals surface area contributed by atoms with Gasteiger partial charge in [0.05, 0.1) is 5.69 Å². The van der Waals surface area contributed by atoms with Crippen molar-refractivity contribution in [1.29, 1.82) is 0 Å². The van der Waals surface area contributed by atoms with Gasteiger partial charge < -0.3 is 10.2 Å². The highest BCUT2D eigenvalue weighted by Crippen LogP contribution is 2.44. The molecule has 0 bridgehead atoms. The van der Waals surface area contributed by atoms with Crippen LogP contribution in [0.3, 0.4) is 0 Å². The Morgan fingerprint density at radius 2 is 2.11 bits per heavy atom. The molecule has 0 amide bonds. The van der Waals surface area contributed by atoms with Crippen LogP contribution < -0.4 is 10.2 Å². The summed E-state index contributed by atoms with van der Waals surface area (Å²) in [5, 5.41) is 12.0. The molecule has 2 saturated heterocycles. The van der Waals surface area contributed by atoms with Crippen LogP contribution in [0, 0.1) is 11.8 Å². The smallest absolute Gasteiger partial charge is 0.175 e. The van der Waals surface area contributed by atoms with E-state index in [2.05, 4.69) is 34.3 Å². The van der Waals surface area contributed by atoms with E-state index < -0.39 is 0 Å². The third-order valence-electron chi connectivity index (χ3n) is 4.35. The predicted octanol–water partition coefficient (Wildman–Crippen LogP) is 2.22. The molecule has 2 fully saturated rings. The Labute approximate surface area is 117 Å². The zero-order valence-corrected chi connectivity index (χ0v) is 12.0. The standard InChI is InChI=1S/C12H16Cl2N4/c1-12(2)8-5-15-4-7(8)6-18(12)9-3-10(13)16-17-11(9)14/h3,7-8,15H,4-6H2,1-2H3. The molecule has 3 rings (SSSR count). The van der Waals surface area contributed by atoms with Gasteiger partial charge in [-0.15, -0.1) is 10.2 Å². The molecule has 0 spiro atoms. The largest absolute Gasteiger partial charge is 0.363 e. The summed E-state index contributed by atoms with van der Waals surface area (Å²) in [6.45, 7) is 7.66. The van der Waals surface area contributed by atoms with Crippen LogP contribution in [0.25, 0.3) is 0 Å². The third kappa shape index (κ3) is 1.78. The molecule has 1 aromatic rings. The summed E-state index contributed by atoms with van der Waals surface area (Å²) in [7, 11) is 0. The lowest BCUT2D eigenvalue weighted by atomic mass is 9.85. The first kappa shape index (κ1) is 12.5. The van der Waals surface area contributed by atoms with Gasteiger partial charge in [-0.25, -0.2) is 0 Å². The molecule has 4 nitrogen and oxygen atoms in total. The van der Waals surface area contributed by atoms with Crippen molar-refractivity contribution in [2.75, 3.05) is 24.5 Å². The first-order valence-corrected chi connectivity index (χ1v) is 6.93. The van der Waals surface area contributed by atoms with Crippen molar-refractivity contribution in [3.63, 3.8) is 0 Å². The van der Waals surface area contributed by atoms with Crippen LogP contribution in [-0.2, 0) is 0 Å². The summed E-state index contributed by atoms with van der Waals surface area (Å²) < 4.78 is 0. The van der Waals surface area contributed by atoms with E-state index in [0.29, 0.717) is 22.1 Å². The SMILES string of the molecule is CC1(C)C2CNCC2CN1c1cc(Cl)nnc1Cl. The molecule has 6 heteroatoms. The topological polar surface area (TPSA) is 41.0 Å². The van der Waals surface area contributed by atoms with E-state index in [1.165, 1.54) is 0 Å². The number of nitrogens with one attached hydrogen (secondary N) is 1. The molecular weight excluding hydrogens is 271 g/mol. The van der Waals surface area contributed by atoms with Gasteiger partial charge in [-0.1, -0.05) is 23.2 Å². The lowest BCUT2D eigenvalue weighted by molar-refractivity contribution is 0.357. The second-order valence-electron chi connectivity index (χ2n) is 5.63. The Hall–Kier alpha value is -0.580. The molecule has 18 heavy (non-hydrogen) atoms. The first-order valence-electron chi connectivity index (χ1n) is 6.17. The molecular formula is C12H16Cl2N4. The fourth-order valence-electron chi connectivity index (χ4n) is 3.36. The maximum absolute atomic E-state index is 6.17. The van der Waals surface area contributed by atoms with Crippen molar-refractivity contribution in [2.45, 2.75) is 19.4 Å². The second kappa shape index (κ2) is 4.22. The maximum atomic E-state index is 6.17. The average Bonchev–Trinajstić information content (AvgIpc) is 2.85. The number of halogens is 2. The normalized spacial score (nSPS) is 29.7. The van der Waals surface area contributed by atoms with Gasteiger partial charge in [0.15, 0.2) is 10.3 Å². The fourth-order valence-corrected chi connectivity index (χ4v) is 3.70. The molecule has 2 aliphatic heterocycles. The van der Waals surface area contributed by atoms with E-state index in [1.807, 2.05) is 6.07 Å². The molecule has 2 atom stereocenters. The molecule has 2 unspecified atom stereocenters. The van der Waals surface area contributed by atoms with Gasteiger partial charge in [0, 0.05) is 31.2 Å². The highest BCUT2D eigenvalue weighted by atomic mass is 35.5. The number of fused-ring (bicyclic) bond motifs is 1. The van der Waals surface area contributed by atoms with Crippen LogP contribution in [0.4, 0.5) is 5.69 Å². The summed E-state index contributed by atoms with van der Waals surface area (Å²) in [6.07, 6.45) is 0. The van der Waals surface area contributed by atoms with Crippen LogP contribution >= 0.6 is 23.2 Å². The number of anilines is 1. The van der Waals surface area contributed by atoms with Gasteiger partial charge in [0.1, 0.15) is 0 Å². The zero-order chi connectivity index (χ0) is 12.9. The lowest BCUT2D eigenvalue weighted by Crippen LogP contribution is -2.44. The summed E-state index contributed by atoms with van der Waals surface area (Å²) in [5.41, 5.74) is 0.959. The summed E-state index contributed by atoms with van der Waals surface area (Å²) in [5.74, 6) is 1.31. The Morgan fingerprint density at radius 3 is 2.83 bits per heavy atom. The molecule has 3 heterocycles. The molecule has 1 N–H and O–H groups in total. The third-order valence-corrected chi connectivity index (χ3v) is 4.81. The second-order valence-corrected chi connectivity index (χ2v) is 6.38. The molecule has 1 aromatic heterocycles. The summed E-state index contributed by atoms with van der Waals surface area (Å²) in [6, 6.07) is 1.81. The quantitative estimate of drug-likeness (QED) is 0.860. The highest BCUT2D eigenvalue weighted by molar-refractivity contribution is 6.33. The Bertz CT molecular complexity index is 477. The first-order chi connectivity index (χ1) is 8.50. The lowest BCUT2D eigenvalue weighted by Gasteiger charge is -2.37. The van der Waals surface area contributed by atoms with Crippen molar-refractivity contribution in [3.05, 3.63) is 16.4 Å². The van der Waals surface area contributed by atoms with Gasteiger partial charge in [0.25, 0.3) is 0 Å². The van der Waals surface area contributed by atoms with Gasteiger partial charge in [-0.2, -0.15) is 0 Å². The van der Waals surface area contributed by atoms with Crippen molar-refractivity contribution in [1.82, 2.24) is 15.5 Å². The minimum Gasteiger partial charge on any atom is -0.363 e. The molecule has 0 aromatic carbocycles. The number of nitrogens with zero attached hydrogens (tertiary/aromatic N) is 3. The monoisotopic (exact) mass is 286 g/mol. The number of aromatic nitrogens is 2. The number of hydrogen-bond acceptors (Lipinski definition) is 4. The van der Waals surface area contributed by atoms with Gasteiger partial charge in [0.2, 0.25) is 0 Å². The zero-order valence-electron chi connectivity index (χ0n) is 10.5. The van der Waals surface area contributed by atoms with Crippen molar-refractivity contribution in [3.8, 4) is 0 Å². The summed E-state index contributed by atoms with van der Waals surface area (Å²) >= 11 is 12.1. The van der Waals surface area contributed by atoms with Crippen LogP contribution in [0.1, 0.15) is 13.8 Å². The van der Waals surface area contributed by atoms with E-state index in [4.69, 9.17) is 23.2 Å². The van der Waals surface area contributed by atoms with E-state index in [-0.39, 0.29) is 5.54 Å². The fraction of sp³-hybridized carbons (Fsp3) is 0.667. The van der Waals surface area contributed by atoms with Crippen molar-refractivity contribution in [2.24, 2.45) is 11.8 Å². The molecule has 2 aliphatic rings. The van der Waals surface area contributed by atoms with Crippen LogP contribution in [0.5, 0.6) is 0 Å². The summed E-state index contributed by atoms with van der Waals surface area (Å²) in [4.78, 5) is 2.33. The van der Waals surface area contributed by atoms with Crippen molar-refractivity contribution >= 4 is 28.9 Å². The minimum absolute atomic E-state index is 0.0597. The number of hydrogen-bond donors (Lipinski definition) is 1. The highest BCUT2D eigenvalue weighted by Gasteiger charge is 2.50. The van der Waals surface area contributed by atoms with E-state index in [0.717, 1.165) is 25.3 Å². The van der Waals surface area contributed by atoms with Crippen LogP contribution in [-0.4, -0.2) is 35.4 Å². The maximum Gasteiger partial charge on any atom is 0.175 e. The van der Waals surface area contributed by atoms with Crippen LogP contribution in [0.2, 0.25) is 10.3 Å². The Kier molecular flexibility index (Phi) is 2.92. The Morgan fingerprint density at radius 1 is 1.33 bits per heavy atom. The van der Waals surface area contributed by atoms with Crippen molar-refractivity contribution < 1.29 is 0 Å². The van der Waals surface area contributed by atoms with Crippen LogP contribution in [0.15, 0.2) is 6.07 Å². The van der Waals surface area contributed by atoms with E-state index >= 15 is 0 Å². The molecule has 0 aliphatic carbocycles. The number of rotatable bonds is 1. The molecule has 98 valence electrons. The molecule has 0 saturated carbocycles. The average molecular weight is 287 g/mol. The molecule has 0 radical (unpaired) electrons. The van der Waals surface area contributed by atoms with E-state index in [1.54, 1.807) is 0 Å². The van der Waals surface area contributed by atoms with Gasteiger partial charge in [-0.05, 0) is 25.7 Å². The van der Waals surface area contributed by atoms with E-state index in [9.17, 15) is 0 Å². The predicted molar refractivity (Wildman–Crippen MR) is 73.3 cm³/mol.